The second kappa shape index (κ2) is 40.7. The van der Waals surface area contributed by atoms with E-state index in [4.69, 9.17) is 22.9 Å². The fourth-order valence-corrected chi connectivity index (χ4v) is 13.7. The van der Waals surface area contributed by atoms with Crippen LogP contribution in [0.15, 0.2) is 121 Å². The van der Waals surface area contributed by atoms with E-state index in [-0.39, 0.29) is 115 Å². The SMILES string of the molecule is CC(C)C[C@@H]1NC(=O)[C@H](CCCN)NC(=O)[C@H](C(C)C)NC(=O)[C@@H]2C[C@H](NC(=O)[C@H](N)Cc3ccccc3)CN2C(=O)[C@@H](Cc2ccccc2)NC(=O)[C@H](CC(C)C)NC(=O)[C@H](CCCN)NC(=O)[C@H](C(C)C)NC(=O)[C@@H]2C[C@H](NC(=O)[C@H](N)Cc3ccccc3)CN2C(=O)[C@@H](Cc2ccccc2)NC1=O. The number of carbonyl (C=O) groups excluding carboxylic acids is 12. The minimum Gasteiger partial charge on any atom is -0.350 e. The van der Waals surface area contributed by atoms with Crippen molar-refractivity contribution in [2.75, 3.05) is 26.2 Å². The first kappa shape index (κ1) is 83.6. The molecule has 576 valence electrons. The minimum atomic E-state index is -1.44. The lowest BCUT2D eigenvalue weighted by molar-refractivity contribution is -0.143. The highest BCUT2D eigenvalue weighted by atomic mass is 16.2. The highest BCUT2D eigenvalue weighted by Gasteiger charge is 2.47. The van der Waals surface area contributed by atoms with Crippen molar-refractivity contribution in [1.82, 2.24) is 63.0 Å². The molecule has 3 aliphatic rings. The lowest BCUT2D eigenvalue weighted by Crippen LogP contribution is -2.62. The van der Waals surface area contributed by atoms with Crippen LogP contribution in [-0.4, -0.2) is 191 Å². The molecule has 0 aliphatic carbocycles. The highest BCUT2D eigenvalue weighted by Crippen LogP contribution is 2.26. The summed E-state index contributed by atoms with van der Waals surface area (Å²) >= 11 is 0. The second-order valence-electron chi connectivity index (χ2n) is 29.8. The van der Waals surface area contributed by atoms with Crippen molar-refractivity contribution < 1.29 is 57.5 Å². The zero-order chi connectivity index (χ0) is 77.3. The summed E-state index contributed by atoms with van der Waals surface area (Å²) in [6, 6.07) is 18.0. The third-order valence-corrected chi connectivity index (χ3v) is 19.4. The van der Waals surface area contributed by atoms with Gasteiger partial charge in [0.2, 0.25) is 70.9 Å². The molecule has 4 aromatic rings. The molecule has 14 atom stereocenters. The van der Waals surface area contributed by atoms with Gasteiger partial charge in [-0.3, -0.25) is 57.5 Å². The van der Waals surface area contributed by atoms with Gasteiger partial charge in [-0.1, -0.05) is 177 Å². The number of nitrogens with one attached hydrogen (secondary N) is 10. The number of carbonyl (C=O) groups is 12. The standard InChI is InChI=1S/C78H112N16O12/c1-45(2)35-59-71(99)89-61(39-51-27-17-11-18-28-51)77(105)93-43-53(83-67(95)55(81)37-49-23-13-9-14-24-49)41-63(93)73(101)92-66(48(7)8)76(104)86-58(32-22-34-80)70(98)88-60(36-46(3)4)72(100)90-62(40-52-29-19-12-20-30-52)78(106)94-44-54(84-68(96)56(82)38-50-25-15-10-16-26-50)42-64(94)74(102)91-65(47(5)6)75(103)85-57(31-21-33-79)69(97)87-59/h9-20,23-30,45-48,53-66H,21-22,31-44,79-82H2,1-8H3,(H,83,95)(H,84,96)(H,85,103)(H,86,104)(H,87,97)(H,88,98)(H,89,99)(H,90,100)(H,91,102)(H,92,101)/t53-,54-,55+,56+,57-,58-,59-,60-,61+,62+,63-,64-,65-,66-/m0/s1. The average molecular weight is 1470 g/mol. The van der Waals surface area contributed by atoms with Crippen molar-refractivity contribution in [2.24, 2.45) is 46.6 Å². The number of benzene rings is 4. The van der Waals surface area contributed by atoms with Gasteiger partial charge in [-0.15, -0.1) is 0 Å². The fourth-order valence-electron chi connectivity index (χ4n) is 13.7. The van der Waals surface area contributed by atoms with Gasteiger partial charge in [0.05, 0.1) is 12.1 Å². The second-order valence-corrected chi connectivity index (χ2v) is 29.8. The van der Waals surface area contributed by atoms with E-state index in [1.165, 1.54) is 9.80 Å². The van der Waals surface area contributed by atoms with E-state index in [1.54, 1.807) is 88.4 Å². The lowest BCUT2D eigenvalue weighted by atomic mass is 9.98. The van der Waals surface area contributed by atoms with E-state index in [1.807, 2.05) is 88.4 Å². The molecule has 18 N–H and O–H groups in total. The predicted octanol–water partition coefficient (Wildman–Crippen LogP) is 0.557. The van der Waals surface area contributed by atoms with Gasteiger partial charge in [0.15, 0.2) is 0 Å². The largest absolute Gasteiger partial charge is 0.350 e. The van der Waals surface area contributed by atoms with E-state index >= 15 is 28.8 Å². The van der Waals surface area contributed by atoms with Crippen LogP contribution in [-0.2, 0) is 83.2 Å². The third-order valence-electron chi connectivity index (χ3n) is 19.4. The Morgan fingerprint density at radius 2 is 0.689 bits per heavy atom. The van der Waals surface area contributed by atoms with Crippen molar-refractivity contribution in [3.05, 3.63) is 144 Å². The van der Waals surface area contributed by atoms with Crippen molar-refractivity contribution in [3.8, 4) is 0 Å². The number of hydrogen-bond donors (Lipinski definition) is 14. The first-order valence-electron chi connectivity index (χ1n) is 37.3. The van der Waals surface area contributed by atoms with Crippen LogP contribution in [0, 0.1) is 23.7 Å². The molecule has 106 heavy (non-hydrogen) atoms. The molecular formula is C78H112N16O12. The Morgan fingerprint density at radius 3 is 0.991 bits per heavy atom. The van der Waals surface area contributed by atoms with Crippen LogP contribution in [0.25, 0.3) is 0 Å². The molecule has 28 nitrogen and oxygen atoms in total. The molecule has 0 radical (unpaired) electrons. The maximum absolute atomic E-state index is 15.7. The maximum atomic E-state index is 15.7. The number of nitrogens with zero attached hydrogens (tertiary/aromatic N) is 2. The van der Waals surface area contributed by atoms with Crippen LogP contribution in [0.3, 0.4) is 0 Å². The quantitative estimate of drug-likeness (QED) is 0.0456. The van der Waals surface area contributed by atoms with Crippen molar-refractivity contribution in [1.29, 1.82) is 0 Å². The Balaban J connectivity index is 1.32. The summed E-state index contributed by atoms with van der Waals surface area (Å²) in [5.74, 6) is -10.9. The zero-order valence-electron chi connectivity index (χ0n) is 62.4. The zero-order valence-corrected chi connectivity index (χ0v) is 62.4. The molecule has 0 unspecified atom stereocenters. The number of rotatable bonds is 24. The van der Waals surface area contributed by atoms with Gasteiger partial charge in [0.25, 0.3) is 0 Å². The topological polar surface area (TPSA) is 436 Å². The Kier molecular flexibility index (Phi) is 32.1. The van der Waals surface area contributed by atoms with Crippen LogP contribution in [0.2, 0.25) is 0 Å². The minimum absolute atomic E-state index is 0.0248. The molecule has 3 aliphatic heterocycles. The van der Waals surface area contributed by atoms with Crippen LogP contribution in [0.5, 0.6) is 0 Å². The molecule has 12 amide bonds. The van der Waals surface area contributed by atoms with E-state index in [0.29, 0.717) is 11.1 Å². The lowest BCUT2D eigenvalue weighted by Gasteiger charge is -2.33. The number of fused-ring (bicyclic) bond motifs is 2. The summed E-state index contributed by atoms with van der Waals surface area (Å²) in [5, 5.41) is 28.7. The van der Waals surface area contributed by atoms with Crippen molar-refractivity contribution >= 4 is 70.9 Å². The Hall–Kier alpha value is -9.64. The molecule has 0 saturated carbocycles. The third kappa shape index (κ3) is 24.7. The summed E-state index contributed by atoms with van der Waals surface area (Å²) in [4.78, 5) is 182. The molecule has 7 rings (SSSR count). The molecule has 4 aromatic carbocycles. The van der Waals surface area contributed by atoms with Gasteiger partial charge in [-0.25, -0.2) is 0 Å². The van der Waals surface area contributed by atoms with Gasteiger partial charge in [-0.05, 0) is 123 Å². The Morgan fingerprint density at radius 1 is 0.396 bits per heavy atom. The Bertz CT molecular complexity index is 3380. The fraction of sp³-hybridized carbons (Fsp3) is 0.538. The molecule has 3 saturated heterocycles. The summed E-state index contributed by atoms with van der Waals surface area (Å²) in [6.45, 7) is 13.6. The molecule has 0 aromatic heterocycles. The summed E-state index contributed by atoms with van der Waals surface area (Å²) < 4.78 is 0. The van der Waals surface area contributed by atoms with Gasteiger partial charge < -0.3 is 85.9 Å². The molecule has 0 bridgehead atoms. The molecular weight excluding hydrogens is 1350 g/mol. The molecule has 28 heteroatoms. The van der Waals surface area contributed by atoms with E-state index in [9.17, 15) is 28.8 Å². The molecule has 3 fully saturated rings. The van der Waals surface area contributed by atoms with Gasteiger partial charge >= 0.3 is 0 Å². The average Bonchev–Trinajstić information content (AvgIpc) is 1.65. The normalized spacial score (nSPS) is 25.1. The summed E-state index contributed by atoms with van der Waals surface area (Å²) in [7, 11) is 0. The van der Waals surface area contributed by atoms with Crippen molar-refractivity contribution in [3.63, 3.8) is 0 Å². The van der Waals surface area contributed by atoms with Gasteiger partial charge in [0, 0.05) is 38.0 Å². The van der Waals surface area contributed by atoms with Crippen LogP contribution >= 0.6 is 0 Å². The smallest absolute Gasteiger partial charge is 0.246 e. The van der Waals surface area contributed by atoms with E-state index < -0.39 is 167 Å². The first-order chi connectivity index (χ1) is 50.5. The van der Waals surface area contributed by atoms with Crippen molar-refractivity contribution in [2.45, 2.75) is 217 Å². The first-order valence-corrected chi connectivity index (χ1v) is 37.3. The monoisotopic (exact) mass is 1460 g/mol. The summed E-state index contributed by atoms with van der Waals surface area (Å²) in [6.07, 6.45) is 0.119. The maximum Gasteiger partial charge on any atom is 0.246 e. The highest BCUT2D eigenvalue weighted by molar-refractivity contribution is 6.00. The number of hydrogen-bond acceptors (Lipinski definition) is 16. The van der Waals surface area contributed by atoms with Crippen LogP contribution < -0.4 is 76.1 Å². The Labute approximate surface area is 622 Å². The summed E-state index contributed by atoms with van der Waals surface area (Å²) in [5.41, 5.74) is 27.8. The van der Waals surface area contributed by atoms with Crippen LogP contribution in [0.4, 0.5) is 0 Å². The van der Waals surface area contributed by atoms with E-state index in [2.05, 4.69) is 53.2 Å². The van der Waals surface area contributed by atoms with Gasteiger partial charge in [0.1, 0.15) is 60.4 Å². The molecule has 3 heterocycles. The predicted molar refractivity (Wildman–Crippen MR) is 401 cm³/mol. The van der Waals surface area contributed by atoms with Crippen LogP contribution in [0.1, 0.15) is 129 Å². The number of nitrogens with two attached hydrogens (primary N) is 4. The van der Waals surface area contributed by atoms with E-state index in [0.717, 1.165) is 11.1 Å². The number of amides is 12. The van der Waals surface area contributed by atoms with Gasteiger partial charge in [-0.2, -0.15) is 0 Å². The molecule has 0 spiro atoms.